The lowest BCUT2D eigenvalue weighted by atomic mass is 9.95. The van der Waals surface area contributed by atoms with E-state index in [0.717, 1.165) is 12.1 Å². The van der Waals surface area contributed by atoms with Crippen LogP contribution in [-0.4, -0.2) is 45.0 Å². The number of carbonyl (C=O) groups excluding carboxylic acids is 1. The first kappa shape index (κ1) is 20.7. The number of aromatic amines is 1. The van der Waals surface area contributed by atoms with E-state index in [0.29, 0.717) is 37.4 Å². The molecule has 0 aliphatic carbocycles. The Morgan fingerprint density at radius 1 is 1.06 bits per heavy atom. The zero-order valence-corrected chi connectivity index (χ0v) is 16.3. The third-order valence-corrected chi connectivity index (χ3v) is 5.17. The van der Waals surface area contributed by atoms with Crippen LogP contribution in [0.3, 0.4) is 0 Å². The molecule has 7 nitrogen and oxygen atoms in total. The number of alkyl halides is 3. The number of halogens is 3. The lowest BCUT2D eigenvalue weighted by Gasteiger charge is -2.31. The Hall–Kier alpha value is -3.56. The van der Waals surface area contributed by atoms with Crippen LogP contribution < -0.4 is 10.4 Å². The van der Waals surface area contributed by atoms with Gasteiger partial charge in [0.1, 0.15) is 11.6 Å². The maximum absolute atomic E-state index is 12.8. The molecule has 0 unspecified atom stereocenters. The second-order valence-electron chi connectivity index (χ2n) is 7.20. The summed E-state index contributed by atoms with van der Waals surface area (Å²) in [7, 11) is 0. The Bertz CT molecular complexity index is 1120. The molecule has 4 rings (SSSR count). The van der Waals surface area contributed by atoms with E-state index in [9.17, 15) is 22.8 Å². The van der Waals surface area contributed by atoms with Crippen LogP contribution in [0.15, 0.2) is 59.4 Å². The highest BCUT2D eigenvalue weighted by molar-refractivity contribution is 5.94. The predicted molar refractivity (Wildman–Crippen MR) is 105 cm³/mol. The topological polar surface area (TPSA) is 80.2 Å². The number of ether oxygens (including phenoxy) is 1. The Balaban J connectivity index is 1.46. The van der Waals surface area contributed by atoms with Gasteiger partial charge in [-0.2, -0.15) is 5.10 Å². The summed E-state index contributed by atoms with van der Waals surface area (Å²) in [6.45, 7) is 0.785. The summed E-state index contributed by atoms with van der Waals surface area (Å²) in [6.07, 6.45) is -3.68. The van der Waals surface area contributed by atoms with Crippen LogP contribution in [0.4, 0.5) is 13.2 Å². The highest BCUT2D eigenvalue weighted by atomic mass is 19.4. The molecule has 1 aliphatic heterocycles. The predicted octanol–water partition coefficient (Wildman–Crippen LogP) is 3.48. The minimum absolute atomic E-state index is 0.0388. The van der Waals surface area contributed by atoms with Gasteiger partial charge in [0.2, 0.25) is 0 Å². The van der Waals surface area contributed by atoms with Crippen molar-refractivity contribution in [1.29, 1.82) is 0 Å². The zero-order chi connectivity index (χ0) is 22.0. The fraction of sp³-hybridized carbons (Fsp3) is 0.286. The quantitative estimate of drug-likeness (QED) is 0.685. The lowest BCUT2D eigenvalue weighted by molar-refractivity contribution is -0.274. The Morgan fingerprint density at radius 3 is 2.45 bits per heavy atom. The minimum atomic E-state index is -4.82. The molecule has 0 bridgehead atoms. The van der Waals surface area contributed by atoms with Crippen LogP contribution in [0.5, 0.6) is 5.75 Å². The van der Waals surface area contributed by atoms with Crippen LogP contribution >= 0.6 is 0 Å². The lowest BCUT2D eigenvalue weighted by Crippen LogP contribution is -2.38. The number of nitrogens with one attached hydrogen (secondary N) is 1. The normalized spacial score (nSPS) is 15.1. The Morgan fingerprint density at radius 2 is 1.77 bits per heavy atom. The number of benzene rings is 2. The van der Waals surface area contributed by atoms with Gasteiger partial charge in [-0.3, -0.25) is 4.79 Å². The second kappa shape index (κ2) is 8.29. The van der Waals surface area contributed by atoms with Gasteiger partial charge in [0.25, 0.3) is 5.91 Å². The van der Waals surface area contributed by atoms with Gasteiger partial charge in [-0.05, 0) is 43.2 Å². The summed E-state index contributed by atoms with van der Waals surface area (Å²) >= 11 is 0. The zero-order valence-electron chi connectivity index (χ0n) is 16.3. The van der Waals surface area contributed by atoms with Crippen LogP contribution in [0, 0.1) is 0 Å². The summed E-state index contributed by atoms with van der Waals surface area (Å²) < 4.78 is 42.7. The first-order valence-electron chi connectivity index (χ1n) is 9.69. The largest absolute Gasteiger partial charge is 0.573 e. The molecule has 3 aromatic rings. The molecule has 1 saturated heterocycles. The van der Waals surface area contributed by atoms with Crippen LogP contribution in [-0.2, 0) is 0 Å². The van der Waals surface area contributed by atoms with Gasteiger partial charge in [0, 0.05) is 24.6 Å². The molecule has 10 heteroatoms. The van der Waals surface area contributed by atoms with E-state index in [2.05, 4.69) is 14.9 Å². The number of amides is 1. The van der Waals surface area contributed by atoms with Crippen LogP contribution in [0.2, 0.25) is 0 Å². The Kier molecular flexibility index (Phi) is 5.53. The van der Waals surface area contributed by atoms with Crippen LogP contribution in [0.25, 0.3) is 5.69 Å². The molecule has 1 aliphatic rings. The Labute approximate surface area is 175 Å². The first-order chi connectivity index (χ1) is 14.8. The van der Waals surface area contributed by atoms with Gasteiger partial charge in [0.15, 0.2) is 0 Å². The van der Waals surface area contributed by atoms with Crippen molar-refractivity contribution in [3.63, 3.8) is 0 Å². The number of likely N-dealkylation sites (tertiary alicyclic amines) is 1. The molecule has 0 saturated carbocycles. The molecular formula is C21H19F3N4O3. The molecule has 1 amide bonds. The molecule has 1 aromatic heterocycles. The van der Waals surface area contributed by atoms with E-state index < -0.39 is 12.1 Å². The smallest absolute Gasteiger partial charge is 0.406 e. The molecule has 0 spiro atoms. The van der Waals surface area contributed by atoms with Crippen molar-refractivity contribution in [2.24, 2.45) is 0 Å². The number of para-hydroxylation sites is 1. The standard InChI is InChI=1S/C21H19F3N4O3/c22-21(23,24)31-17-8-4-5-15(13-17)19(29)27-11-9-14(10-12-27)18-25-26-20(30)28(18)16-6-2-1-3-7-16/h1-8,13-14H,9-12H2,(H,26,30). The highest BCUT2D eigenvalue weighted by Crippen LogP contribution is 2.29. The van der Waals surface area contributed by atoms with E-state index >= 15 is 0 Å². The van der Waals surface area contributed by atoms with E-state index in [1.165, 1.54) is 16.7 Å². The van der Waals surface area contributed by atoms with Crippen molar-refractivity contribution in [1.82, 2.24) is 19.7 Å². The number of aromatic nitrogens is 3. The molecule has 0 atom stereocenters. The number of hydrogen-bond donors (Lipinski definition) is 1. The van der Waals surface area contributed by atoms with Crippen LogP contribution in [0.1, 0.15) is 34.9 Å². The number of nitrogens with zero attached hydrogens (tertiary/aromatic N) is 3. The highest BCUT2D eigenvalue weighted by Gasteiger charge is 2.32. The third kappa shape index (κ3) is 4.62. The SMILES string of the molecule is O=C(c1cccc(OC(F)(F)F)c1)N1CCC(c2n[nH]c(=O)n2-c2ccccc2)CC1. The summed E-state index contributed by atoms with van der Waals surface area (Å²) in [6, 6.07) is 14.2. The maximum atomic E-state index is 12.8. The molecule has 0 radical (unpaired) electrons. The van der Waals surface area contributed by atoms with Gasteiger partial charge < -0.3 is 9.64 Å². The fourth-order valence-corrected chi connectivity index (χ4v) is 3.76. The molecule has 1 fully saturated rings. The van der Waals surface area contributed by atoms with E-state index in [-0.39, 0.29) is 23.1 Å². The summed E-state index contributed by atoms with van der Waals surface area (Å²) in [5, 5.41) is 6.68. The molecule has 31 heavy (non-hydrogen) atoms. The number of piperidine rings is 1. The average Bonchev–Trinajstić information content (AvgIpc) is 3.14. The third-order valence-electron chi connectivity index (χ3n) is 5.17. The maximum Gasteiger partial charge on any atom is 0.573 e. The van der Waals surface area contributed by atoms with Crippen molar-refractivity contribution < 1.29 is 22.7 Å². The number of hydrogen-bond acceptors (Lipinski definition) is 4. The van der Waals surface area contributed by atoms with E-state index in [1.807, 2.05) is 30.3 Å². The number of H-pyrrole nitrogens is 1. The van der Waals surface area contributed by atoms with Crippen molar-refractivity contribution in [3.8, 4) is 11.4 Å². The van der Waals surface area contributed by atoms with Gasteiger partial charge >= 0.3 is 12.1 Å². The van der Waals surface area contributed by atoms with Gasteiger partial charge in [0.05, 0.1) is 5.69 Å². The number of carbonyl (C=O) groups is 1. The van der Waals surface area contributed by atoms with Gasteiger partial charge in [-0.1, -0.05) is 24.3 Å². The molecule has 2 aromatic carbocycles. The summed E-state index contributed by atoms with van der Waals surface area (Å²) in [5.74, 6) is -0.239. The molecule has 1 N–H and O–H groups in total. The number of rotatable bonds is 4. The van der Waals surface area contributed by atoms with E-state index in [1.54, 1.807) is 4.90 Å². The first-order valence-corrected chi connectivity index (χ1v) is 9.69. The molecule has 2 heterocycles. The van der Waals surface area contributed by atoms with Gasteiger partial charge in [-0.15, -0.1) is 13.2 Å². The molecule has 162 valence electrons. The molecular weight excluding hydrogens is 413 g/mol. The summed E-state index contributed by atoms with van der Waals surface area (Å²) in [4.78, 5) is 26.6. The second-order valence-corrected chi connectivity index (χ2v) is 7.20. The van der Waals surface area contributed by atoms with Crippen molar-refractivity contribution in [2.45, 2.75) is 25.1 Å². The monoisotopic (exact) mass is 432 g/mol. The van der Waals surface area contributed by atoms with Gasteiger partial charge in [-0.25, -0.2) is 14.5 Å². The van der Waals surface area contributed by atoms with Crippen molar-refractivity contribution in [3.05, 3.63) is 76.5 Å². The van der Waals surface area contributed by atoms with Crippen molar-refractivity contribution in [2.75, 3.05) is 13.1 Å². The fourth-order valence-electron chi connectivity index (χ4n) is 3.76. The average molecular weight is 432 g/mol. The van der Waals surface area contributed by atoms with Crippen molar-refractivity contribution >= 4 is 5.91 Å². The minimum Gasteiger partial charge on any atom is -0.406 e. The summed E-state index contributed by atoms with van der Waals surface area (Å²) in [5.41, 5.74) is 0.499. The van der Waals surface area contributed by atoms with E-state index in [4.69, 9.17) is 0 Å².